The van der Waals surface area contributed by atoms with Crippen molar-refractivity contribution in [2.24, 2.45) is 11.8 Å². The van der Waals surface area contributed by atoms with Crippen LogP contribution in [0.2, 0.25) is 15.1 Å². The minimum atomic E-state index is 0.553. The summed E-state index contributed by atoms with van der Waals surface area (Å²) >= 11 is 18.4. The maximum atomic E-state index is 6.21. The molecule has 3 atom stereocenters. The fourth-order valence-corrected chi connectivity index (χ4v) is 3.39. The van der Waals surface area contributed by atoms with Gasteiger partial charge in [0.05, 0.1) is 10.0 Å². The summed E-state index contributed by atoms with van der Waals surface area (Å²) in [6.07, 6.45) is 3.73. The Hall–Kier alpha value is 0.0500. The van der Waals surface area contributed by atoms with Crippen LogP contribution in [0.25, 0.3) is 0 Å². The van der Waals surface area contributed by atoms with Crippen LogP contribution in [0, 0.1) is 11.8 Å². The molecule has 2 rings (SSSR count). The summed E-state index contributed by atoms with van der Waals surface area (Å²) in [4.78, 5) is 0. The molecular weight excluding hydrogens is 301 g/mol. The van der Waals surface area contributed by atoms with Gasteiger partial charge in [0, 0.05) is 23.2 Å². The summed E-state index contributed by atoms with van der Waals surface area (Å²) < 4.78 is 0. The summed E-state index contributed by atoms with van der Waals surface area (Å²) in [5.41, 5.74) is 0.905. The third kappa shape index (κ3) is 3.78. The smallest absolute Gasteiger partial charge is 0.0652 e. The van der Waals surface area contributed by atoms with E-state index in [1.165, 1.54) is 19.3 Å². The van der Waals surface area contributed by atoms with Gasteiger partial charge in [-0.15, -0.1) is 0 Å². The van der Waals surface area contributed by atoms with Crippen molar-refractivity contribution in [3.8, 4) is 0 Å². The van der Waals surface area contributed by atoms with Gasteiger partial charge < -0.3 is 5.32 Å². The van der Waals surface area contributed by atoms with Crippen LogP contribution < -0.4 is 5.32 Å². The second kappa shape index (κ2) is 6.67. The highest BCUT2D eigenvalue weighted by atomic mass is 35.5. The zero-order valence-corrected chi connectivity index (χ0v) is 13.6. The maximum absolute atomic E-state index is 6.21. The Morgan fingerprint density at radius 3 is 2.42 bits per heavy atom. The van der Waals surface area contributed by atoms with Crippen LogP contribution >= 0.6 is 34.8 Å². The Balaban J connectivity index is 1.98. The average Bonchev–Trinajstić information content (AvgIpc) is 2.38. The van der Waals surface area contributed by atoms with E-state index in [9.17, 15) is 0 Å². The molecule has 0 aromatic heterocycles. The van der Waals surface area contributed by atoms with Gasteiger partial charge in [-0.3, -0.25) is 0 Å². The lowest BCUT2D eigenvalue weighted by Crippen LogP contribution is -2.35. The zero-order valence-electron chi connectivity index (χ0n) is 11.3. The van der Waals surface area contributed by atoms with E-state index in [1.807, 2.05) is 0 Å². The molecule has 0 aliphatic heterocycles. The van der Waals surface area contributed by atoms with Gasteiger partial charge in [0.25, 0.3) is 0 Å². The molecule has 1 saturated carbocycles. The van der Waals surface area contributed by atoms with Crippen molar-refractivity contribution < 1.29 is 0 Å². The largest absolute Gasteiger partial charge is 0.310 e. The molecule has 106 valence electrons. The number of halogens is 3. The molecule has 0 saturated heterocycles. The van der Waals surface area contributed by atoms with Gasteiger partial charge >= 0.3 is 0 Å². The fraction of sp³-hybridized carbons (Fsp3) is 0.600. The quantitative estimate of drug-likeness (QED) is 0.719. The Morgan fingerprint density at radius 1 is 1.05 bits per heavy atom. The van der Waals surface area contributed by atoms with Crippen molar-refractivity contribution in [2.75, 3.05) is 0 Å². The predicted molar refractivity (Wildman–Crippen MR) is 84.3 cm³/mol. The first-order valence-corrected chi connectivity index (χ1v) is 7.98. The molecule has 1 fully saturated rings. The molecule has 1 aliphatic rings. The third-order valence-electron chi connectivity index (χ3n) is 4.30. The molecule has 0 radical (unpaired) electrons. The van der Waals surface area contributed by atoms with E-state index in [0.29, 0.717) is 27.7 Å². The van der Waals surface area contributed by atoms with Crippen molar-refractivity contribution in [2.45, 2.75) is 45.7 Å². The molecule has 0 bridgehead atoms. The molecule has 1 aliphatic carbocycles. The highest BCUT2D eigenvalue weighted by Crippen LogP contribution is 2.33. The van der Waals surface area contributed by atoms with Gasteiger partial charge in [-0.1, -0.05) is 48.7 Å². The number of rotatable bonds is 3. The highest BCUT2D eigenvalue weighted by molar-refractivity contribution is 6.44. The summed E-state index contributed by atoms with van der Waals surface area (Å²) in [6.45, 7) is 5.35. The first-order valence-electron chi connectivity index (χ1n) is 6.84. The van der Waals surface area contributed by atoms with Gasteiger partial charge in [-0.25, -0.2) is 0 Å². The predicted octanol–water partition coefficient (Wildman–Crippen LogP) is 5.56. The van der Waals surface area contributed by atoms with Crippen molar-refractivity contribution in [3.05, 3.63) is 32.8 Å². The second-order valence-corrected chi connectivity index (χ2v) is 6.86. The van der Waals surface area contributed by atoms with Crippen LogP contribution in [-0.2, 0) is 6.54 Å². The lowest BCUT2D eigenvalue weighted by Gasteiger charge is -2.32. The molecular formula is C15H20Cl3N. The fourth-order valence-electron chi connectivity index (χ4n) is 2.71. The van der Waals surface area contributed by atoms with Gasteiger partial charge in [0.1, 0.15) is 0 Å². The van der Waals surface area contributed by atoms with Crippen LogP contribution in [0.3, 0.4) is 0 Å². The lowest BCUT2D eigenvalue weighted by atomic mass is 9.79. The van der Waals surface area contributed by atoms with Crippen molar-refractivity contribution in [3.63, 3.8) is 0 Å². The first kappa shape index (κ1) is 15.4. The average molecular weight is 321 g/mol. The van der Waals surface area contributed by atoms with E-state index in [4.69, 9.17) is 34.8 Å². The second-order valence-electron chi connectivity index (χ2n) is 5.67. The van der Waals surface area contributed by atoms with Gasteiger partial charge in [0.2, 0.25) is 0 Å². The molecule has 1 N–H and O–H groups in total. The van der Waals surface area contributed by atoms with Crippen LogP contribution in [-0.4, -0.2) is 6.04 Å². The molecule has 4 heteroatoms. The molecule has 0 spiro atoms. The highest BCUT2D eigenvalue weighted by Gasteiger charge is 2.24. The van der Waals surface area contributed by atoms with Crippen LogP contribution in [0.5, 0.6) is 0 Å². The first-order chi connectivity index (χ1) is 8.99. The van der Waals surface area contributed by atoms with Gasteiger partial charge in [-0.05, 0) is 43.2 Å². The van der Waals surface area contributed by atoms with Gasteiger partial charge in [-0.2, -0.15) is 0 Å². The van der Waals surface area contributed by atoms with Crippen LogP contribution in [0.1, 0.15) is 38.7 Å². The van der Waals surface area contributed by atoms with E-state index < -0.39 is 0 Å². The summed E-state index contributed by atoms with van der Waals surface area (Å²) in [7, 11) is 0. The molecule has 19 heavy (non-hydrogen) atoms. The number of hydrogen-bond donors (Lipinski definition) is 1. The van der Waals surface area contributed by atoms with E-state index in [-0.39, 0.29) is 0 Å². The number of nitrogens with one attached hydrogen (secondary N) is 1. The van der Waals surface area contributed by atoms with Crippen molar-refractivity contribution in [1.29, 1.82) is 0 Å². The Morgan fingerprint density at radius 2 is 1.74 bits per heavy atom. The topological polar surface area (TPSA) is 12.0 Å². The maximum Gasteiger partial charge on any atom is 0.0652 e. The van der Waals surface area contributed by atoms with E-state index in [2.05, 4.69) is 19.2 Å². The monoisotopic (exact) mass is 319 g/mol. The molecule has 1 nitrogen and oxygen atoms in total. The van der Waals surface area contributed by atoms with E-state index in [1.54, 1.807) is 12.1 Å². The normalized spacial score (nSPS) is 27.5. The lowest BCUT2D eigenvalue weighted by molar-refractivity contribution is 0.225. The number of hydrogen-bond acceptors (Lipinski definition) is 1. The minimum absolute atomic E-state index is 0.553. The third-order valence-corrected chi connectivity index (χ3v) is 5.50. The Labute approximate surface area is 130 Å². The van der Waals surface area contributed by atoms with Crippen LogP contribution in [0.4, 0.5) is 0 Å². The molecule has 0 heterocycles. The Bertz CT molecular complexity index is 447. The minimum Gasteiger partial charge on any atom is -0.310 e. The van der Waals surface area contributed by atoms with E-state index in [0.717, 1.165) is 17.4 Å². The molecule has 3 unspecified atom stereocenters. The Kier molecular flexibility index (Phi) is 5.42. The zero-order chi connectivity index (χ0) is 14.0. The SMILES string of the molecule is CC1CCC(NCc2c(Cl)ccc(Cl)c2Cl)CC1C. The van der Waals surface area contributed by atoms with E-state index >= 15 is 0 Å². The van der Waals surface area contributed by atoms with Crippen molar-refractivity contribution in [1.82, 2.24) is 5.32 Å². The standard InChI is InChI=1S/C15H20Cl3N/c1-9-3-4-11(7-10(9)2)19-8-12-13(16)5-6-14(17)15(12)18/h5-6,9-11,19H,3-4,7-8H2,1-2H3. The molecule has 0 amide bonds. The molecule has 1 aromatic rings. The van der Waals surface area contributed by atoms with Crippen molar-refractivity contribution >= 4 is 34.8 Å². The molecule has 1 aromatic carbocycles. The summed E-state index contributed by atoms with van der Waals surface area (Å²) in [5, 5.41) is 5.38. The number of benzene rings is 1. The summed E-state index contributed by atoms with van der Waals surface area (Å²) in [5.74, 6) is 1.60. The summed E-state index contributed by atoms with van der Waals surface area (Å²) in [6, 6.07) is 4.09. The van der Waals surface area contributed by atoms with Gasteiger partial charge in [0.15, 0.2) is 0 Å². The van der Waals surface area contributed by atoms with Crippen LogP contribution in [0.15, 0.2) is 12.1 Å².